The Labute approximate surface area is 77.7 Å². The Morgan fingerprint density at radius 2 is 2.00 bits per heavy atom. The van der Waals surface area contributed by atoms with Gasteiger partial charge in [-0.25, -0.2) is 8.42 Å². The van der Waals surface area contributed by atoms with E-state index in [1.165, 1.54) is 0 Å². The zero-order chi connectivity index (χ0) is 9.31. The average molecular weight is 196 g/mol. The third kappa shape index (κ3) is 1.54. The molecule has 0 atom stereocenters. The third-order valence-electron chi connectivity index (χ3n) is 2.05. The first kappa shape index (κ1) is 8.56. The van der Waals surface area contributed by atoms with Crippen molar-refractivity contribution in [3.63, 3.8) is 0 Å². The second-order valence-electron chi connectivity index (χ2n) is 3.02. The summed E-state index contributed by atoms with van der Waals surface area (Å²) >= 11 is 0. The molecule has 2 rings (SSSR count). The summed E-state index contributed by atoms with van der Waals surface area (Å²) in [5.74, 6) is 0.216. The fraction of sp³-hybridized carbons (Fsp3) is 0.333. The van der Waals surface area contributed by atoms with E-state index in [1.54, 1.807) is 18.2 Å². The number of benzene rings is 1. The average Bonchev–Trinajstić information content (AvgIpc) is 2.26. The lowest BCUT2D eigenvalue weighted by atomic mass is 10.3. The maximum atomic E-state index is 11.6. The van der Waals surface area contributed by atoms with Crippen molar-refractivity contribution in [3.05, 3.63) is 24.3 Å². The zero-order valence-corrected chi connectivity index (χ0v) is 7.92. The molecule has 1 aliphatic heterocycles. The quantitative estimate of drug-likeness (QED) is 0.624. The molecule has 0 saturated heterocycles. The van der Waals surface area contributed by atoms with Gasteiger partial charge in [-0.2, -0.15) is 0 Å². The Hall–Kier alpha value is -1.03. The molecular formula is C9H10NO2S. The smallest absolute Gasteiger partial charge is 0.180 e. The summed E-state index contributed by atoms with van der Waals surface area (Å²) in [5, 5.41) is 4.20. The van der Waals surface area contributed by atoms with Gasteiger partial charge in [-0.15, -0.1) is 0 Å². The van der Waals surface area contributed by atoms with Crippen LogP contribution in [0.3, 0.4) is 0 Å². The van der Waals surface area contributed by atoms with Gasteiger partial charge >= 0.3 is 0 Å². The van der Waals surface area contributed by atoms with Crippen LogP contribution in [0.15, 0.2) is 29.2 Å². The Kier molecular flexibility index (Phi) is 2.00. The van der Waals surface area contributed by atoms with Crippen LogP contribution in [0.1, 0.15) is 6.42 Å². The van der Waals surface area contributed by atoms with Gasteiger partial charge in [0.25, 0.3) is 0 Å². The molecule has 69 valence electrons. The number of sulfone groups is 1. The van der Waals surface area contributed by atoms with Crippen LogP contribution in [-0.2, 0) is 9.84 Å². The topological polar surface area (TPSA) is 48.2 Å². The molecule has 0 N–H and O–H groups in total. The van der Waals surface area contributed by atoms with Gasteiger partial charge in [0, 0.05) is 6.54 Å². The molecule has 4 heteroatoms. The molecule has 1 heterocycles. The highest BCUT2D eigenvalue weighted by Gasteiger charge is 2.21. The van der Waals surface area contributed by atoms with Gasteiger partial charge < -0.3 is 0 Å². The van der Waals surface area contributed by atoms with E-state index in [0.717, 1.165) is 0 Å². The summed E-state index contributed by atoms with van der Waals surface area (Å²) < 4.78 is 23.3. The van der Waals surface area contributed by atoms with E-state index in [2.05, 4.69) is 5.32 Å². The molecule has 0 aromatic heterocycles. The Morgan fingerprint density at radius 3 is 2.85 bits per heavy atom. The van der Waals surface area contributed by atoms with Gasteiger partial charge in [-0.3, -0.25) is 5.32 Å². The first-order chi connectivity index (χ1) is 6.20. The number of fused-ring (bicyclic) bond motifs is 1. The van der Waals surface area contributed by atoms with Crippen LogP contribution in [0.25, 0.3) is 0 Å². The van der Waals surface area contributed by atoms with E-state index in [1.807, 2.05) is 6.07 Å². The SMILES string of the molecule is O=S1(=O)CCC[N]c2ccccc21. The van der Waals surface area contributed by atoms with Crippen molar-refractivity contribution in [1.29, 1.82) is 0 Å². The number of para-hydroxylation sites is 1. The number of rotatable bonds is 0. The van der Waals surface area contributed by atoms with Crippen molar-refractivity contribution >= 4 is 15.5 Å². The van der Waals surface area contributed by atoms with Gasteiger partial charge in [0.1, 0.15) is 0 Å². The number of hydrogen-bond donors (Lipinski definition) is 0. The molecule has 0 spiro atoms. The summed E-state index contributed by atoms with van der Waals surface area (Å²) in [6, 6.07) is 6.91. The molecule has 0 saturated carbocycles. The maximum Gasteiger partial charge on any atom is 0.180 e. The molecule has 3 nitrogen and oxygen atoms in total. The van der Waals surface area contributed by atoms with Crippen molar-refractivity contribution in [2.75, 3.05) is 12.3 Å². The van der Waals surface area contributed by atoms with E-state index in [9.17, 15) is 8.42 Å². The normalized spacial score (nSPS) is 19.7. The highest BCUT2D eigenvalue weighted by atomic mass is 32.2. The van der Waals surface area contributed by atoms with Gasteiger partial charge in [-0.1, -0.05) is 12.1 Å². The summed E-state index contributed by atoms with van der Waals surface area (Å²) in [6.45, 7) is 0.607. The van der Waals surface area contributed by atoms with Crippen LogP contribution in [0.4, 0.5) is 5.69 Å². The Balaban J connectivity index is 2.62. The second-order valence-corrected chi connectivity index (χ2v) is 5.10. The molecule has 1 aliphatic rings. The molecule has 0 aliphatic carbocycles. The molecule has 0 fully saturated rings. The van der Waals surface area contributed by atoms with Crippen LogP contribution in [0.5, 0.6) is 0 Å². The van der Waals surface area contributed by atoms with Gasteiger partial charge in [0.05, 0.1) is 16.3 Å². The van der Waals surface area contributed by atoms with E-state index in [0.29, 0.717) is 23.5 Å². The monoisotopic (exact) mass is 196 g/mol. The predicted molar refractivity (Wildman–Crippen MR) is 49.8 cm³/mol. The summed E-state index contributed by atoms with van der Waals surface area (Å²) in [7, 11) is -3.07. The van der Waals surface area contributed by atoms with Gasteiger partial charge in [0.15, 0.2) is 9.84 Å². The first-order valence-electron chi connectivity index (χ1n) is 4.19. The molecule has 0 bridgehead atoms. The largest absolute Gasteiger partial charge is 0.284 e. The van der Waals surface area contributed by atoms with Gasteiger partial charge in [-0.05, 0) is 18.6 Å². The van der Waals surface area contributed by atoms with Crippen LogP contribution in [-0.4, -0.2) is 20.7 Å². The van der Waals surface area contributed by atoms with Crippen molar-refractivity contribution < 1.29 is 8.42 Å². The van der Waals surface area contributed by atoms with Crippen LogP contribution in [0, 0.1) is 0 Å². The Morgan fingerprint density at radius 1 is 1.23 bits per heavy atom. The fourth-order valence-corrected chi connectivity index (χ4v) is 2.88. The molecule has 13 heavy (non-hydrogen) atoms. The summed E-state index contributed by atoms with van der Waals surface area (Å²) in [5.41, 5.74) is 0.611. The summed E-state index contributed by atoms with van der Waals surface area (Å²) in [4.78, 5) is 0.382. The van der Waals surface area contributed by atoms with E-state index in [-0.39, 0.29) is 5.75 Å². The minimum absolute atomic E-state index is 0.216. The lowest BCUT2D eigenvalue weighted by Crippen LogP contribution is -2.04. The van der Waals surface area contributed by atoms with Crippen LogP contribution < -0.4 is 5.32 Å². The van der Waals surface area contributed by atoms with Crippen molar-refractivity contribution in [1.82, 2.24) is 5.32 Å². The number of hydrogen-bond acceptors (Lipinski definition) is 2. The van der Waals surface area contributed by atoms with E-state index >= 15 is 0 Å². The van der Waals surface area contributed by atoms with Crippen LogP contribution >= 0.6 is 0 Å². The lowest BCUT2D eigenvalue weighted by Gasteiger charge is -2.03. The maximum absolute atomic E-state index is 11.6. The Bertz CT molecular complexity index is 411. The summed E-state index contributed by atoms with van der Waals surface area (Å²) in [6.07, 6.45) is 0.622. The fourth-order valence-electron chi connectivity index (χ4n) is 1.41. The molecule has 1 aromatic carbocycles. The van der Waals surface area contributed by atoms with Crippen LogP contribution in [0.2, 0.25) is 0 Å². The molecule has 0 unspecified atom stereocenters. The van der Waals surface area contributed by atoms with Gasteiger partial charge in [0.2, 0.25) is 0 Å². The number of nitrogens with zero attached hydrogens (tertiary/aromatic N) is 1. The zero-order valence-electron chi connectivity index (χ0n) is 7.10. The second kappa shape index (κ2) is 3.03. The van der Waals surface area contributed by atoms with E-state index < -0.39 is 9.84 Å². The molecule has 0 amide bonds. The minimum Gasteiger partial charge on any atom is -0.284 e. The highest BCUT2D eigenvalue weighted by Crippen LogP contribution is 2.24. The molecular weight excluding hydrogens is 186 g/mol. The highest BCUT2D eigenvalue weighted by molar-refractivity contribution is 7.91. The first-order valence-corrected chi connectivity index (χ1v) is 5.85. The minimum atomic E-state index is -3.07. The van der Waals surface area contributed by atoms with Crippen molar-refractivity contribution in [2.24, 2.45) is 0 Å². The molecule has 1 aromatic rings. The lowest BCUT2D eigenvalue weighted by molar-refractivity contribution is 0.595. The standard InChI is InChI=1S/C9H10NO2S/c11-13(12)7-3-6-10-8-4-1-2-5-9(8)13/h1-2,4-5H,3,6-7H2. The van der Waals surface area contributed by atoms with Crippen molar-refractivity contribution in [3.8, 4) is 0 Å². The van der Waals surface area contributed by atoms with E-state index in [4.69, 9.17) is 0 Å². The predicted octanol–water partition coefficient (Wildman–Crippen LogP) is 1.10. The molecule has 1 radical (unpaired) electrons. The third-order valence-corrected chi connectivity index (χ3v) is 3.90. The van der Waals surface area contributed by atoms with Crippen molar-refractivity contribution in [2.45, 2.75) is 11.3 Å².